The van der Waals surface area contributed by atoms with Crippen LogP contribution < -0.4 is 5.32 Å². The normalized spacial score (nSPS) is 17.3. The minimum absolute atomic E-state index is 0.0976. The molecule has 0 bridgehead atoms. The van der Waals surface area contributed by atoms with E-state index in [1.807, 2.05) is 18.2 Å². The number of nitrogens with zero attached hydrogens (tertiary/aromatic N) is 1. The smallest absolute Gasteiger partial charge is 0.224 e. The summed E-state index contributed by atoms with van der Waals surface area (Å²) in [6.45, 7) is 3.55. The molecule has 1 amide bonds. The van der Waals surface area contributed by atoms with Crippen LogP contribution in [0.4, 0.5) is 0 Å². The van der Waals surface area contributed by atoms with Crippen LogP contribution in [0.15, 0.2) is 77.7 Å². The van der Waals surface area contributed by atoms with Crippen molar-refractivity contribution in [2.75, 3.05) is 25.4 Å². The molecule has 1 atom stereocenters. The van der Waals surface area contributed by atoms with E-state index < -0.39 is 0 Å². The van der Waals surface area contributed by atoms with Crippen molar-refractivity contribution in [2.24, 2.45) is 5.92 Å². The Kier molecular flexibility index (Phi) is 6.86. The van der Waals surface area contributed by atoms with E-state index in [9.17, 15) is 4.79 Å². The fourth-order valence-corrected chi connectivity index (χ4v) is 4.88. The average molecular weight is 405 g/mol. The molecule has 1 aliphatic rings. The first kappa shape index (κ1) is 20.0. The fraction of sp³-hybridized carbons (Fsp3) is 0.320. The third kappa shape index (κ3) is 5.40. The first-order chi connectivity index (χ1) is 14.3. The maximum atomic E-state index is 12.7. The third-order valence-corrected chi connectivity index (χ3v) is 6.58. The number of amides is 1. The van der Waals surface area contributed by atoms with Crippen LogP contribution in [-0.2, 0) is 11.3 Å². The summed E-state index contributed by atoms with van der Waals surface area (Å²) in [5, 5.41) is 5.75. The van der Waals surface area contributed by atoms with Crippen LogP contribution in [0.5, 0.6) is 0 Å². The zero-order valence-corrected chi connectivity index (χ0v) is 17.5. The zero-order chi connectivity index (χ0) is 19.9. The number of fused-ring (bicyclic) bond motifs is 1. The molecular weight excluding hydrogens is 376 g/mol. The van der Waals surface area contributed by atoms with Gasteiger partial charge < -0.3 is 5.32 Å². The van der Waals surface area contributed by atoms with Gasteiger partial charge in [-0.1, -0.05) is 60.7 Å². The Morgan fingerprint density at radius 3 is 2.69 bits per heavy atom. The van der Waals surface area contributed by atoms with Gasteiger partial charge in [0.05, 0.1) is 5.92 Å². The number of hydrogen-bond acceptors (Lipinski definition) is 3. The van der Waals surface area contributed by atoms with Gasteiger partial charge in [0.2, 0.25) is 5.91 Å². The van der Waals surface area contributed by atoms with Gasteiger partial charge in [-0.25, -0.2) is 0 Å². The molecule has 3 aromatic carbocycles. The van der Waals surface area contributed by atoms with Gasteiger partial charge in [-0.3, -0.25) is 9.69 Å². The van der Waals surface area contributed by atoms with Crippen molar-refractivity contribution >= 4 is 28.4 Å². The first-order valence-electron chi connectivity index (χ1n) is 10.4. The van der Waals surface area contributed by atoms with Crippen LogP contribution >= 0.6 is 11.8 Å². The monoisotopic (exact) mass is 404 g/mol. The van der Waals surface area contributed by atoms with Gasteiger partial charge in [-0.2, -0.15) is 0 Å². The Balaban J connectivity index is 1.28. The van der Waals surface area contributed by atoms with Crippen LogP contribution in [-0.4, -0.2) is 36.2 Å². The van der Waals surface area contributed by atoms with Crippen LogP contribution in [0.3, 0.4) is 0 Å². The van der Waals surface area contributed by atoms with Crippen molar-refractivity contribution in [3.05, 3.63) is 78.4 Å². The Morgan fingerprint density at radius 1 is 1.00 bits per heavy atom. The SMILES string of the molecule is O=C(NCCSc1ccccc1)C1CCCN(Cc2cccc3ccccc23)C1. The predicted octanol–water partition coefficient (Wildman–Crippen LogP) is 4.96. The molecule has 1 N–H and O–H groups in total. The van der Waals surface area contributed by atoms with Gasteiger partial charge in [0.25, 0.3) is 0 Å². The van der Waals surface area contributed by atoms with E-state index in [0.717, 1.165) is 44.8 Å². The molecule has 3 aromatic rings. The quantitative estimate of drug-likeness (QED) is 0.446. The molecule has 0 radical (unpaired) electrons. The lowest BCUT2D eigenvalue weighted by molar-refractivity contribution is -0.126. The number of hydrogen-bond donors (Lipinski definition) is 1. The van der Waals surface area contributed by atoms with E-state index in [0.29, 0.717) is 0 Å². The lowest BCUT2D eigenvalue weighted by Crippen LogP contribution is -2.43. The molecule has 0 aliphatic carbocycles. The third-order valence-electron chi connectivity index (χ3n) is 5.56. The van der Waals surface area contributed by atoms with Gasteiger partial charge >= 0.3 is 0 Å². The van der Waals surface area contributed by atoms with Crippen molar-refractivity contribution < 1.29 is 4.79 Å². The molecule has 0 aromatic heterocycles. The van der Waals surface area contributed by atoms with E-state index in [1.165, 1.54) is 21.2 Å². The van der Waals surface area contributed by atoms with Crippen LogP contribution in [0.1, 0.15) is 18.4 Å². The maximum Gasteiger partial charge on any atom is 0.224 e. The summed E-state index contributed by atoms with van der Waals surface area (Å²) in [6.07, 6.45) is 2.07. The molecular formula is C25H28N2OS. The number of thioether (sulfide) groups is 1. The van der Waals surface area contributed by atoms with Crippen LogP contribution in [0, 0.1) is 5.92 Å². The molecule has 1 heterocycles. The molecule has 150 valence electrons. The largest absolute Gasteiger partial charge is 0.355 e. The Morgan fingerprint density at radius 2 is 1.79 bits per heavy atom. The second-order valence-electron chi connectivity index (χ2n) is 7.67. The minimum Gasteiger partial charge on any atom is -0.355 e. The first-order valence-corrected chi connectivity index (χ1v) is 11.4. The van der Waals surface area contributed by atoms with Gasteiger partial charge in [0, 0.05) is 30.3 Å². The van der Waals surface area contributed by atoms with Crippen molar-refractivity contribution in [3.8, 4) is 0 Å². The Hall–Kier alpha value is -2.30. The number of likely N-dealkylation sites (tertiary alicyclic amines) is 1. The van der Waals surface area contributed by atoms with Crippen molar-refractivity contribution in [3.63, 3.8) is 0 Å². The number of benzene rings is 3. The van der Waals surface area contributed by atoms with E-state index in [1.54, 1.807) is 11.8 Å². The van der Waals surface area contributed by atoms with Crippen LogP contribution in [0.2, 0.25) is 0 Å². The molecule has 0 spiro atoms. The summed E-state index contributed by atoms with van der Waals surface area (Å²) in [6, 6.07) is 25.4. The van der Waals surface area contributed by atoms with Crippen molar-refractivity contribution in [1.29, 1.82) is 0 Å². The lowest BCUT2D eigenvalue weighted by atomic mass is 9.96. The average Bonchev–Trinajstić information content (AvgIpc) is 2.78. The molecule has 29 heavy (non-hydrogen) atoms. The summed E-state index contributed by atoms with van der Waals surface area (Å²) >= 11 is 1.79. The molecule has 1 fully saturated rings. The summed E-state index contributed by atoms with van der Waals surface area (Å²) in [7, 11) is 0. The van der Waals surface area contributed by atoms with E-state index in [4.69, 9.17) is 0 Å². The van der Waals surface area contributed by atoms with Crippen molar-refractivity contribution in [2.45, 2.75) is 24.3 Å². The van der Waals surface area contributed by atoms with E-state index >= 15 is 0 Å². The van der Waals surface area contributed by atoms with E-state index in [-0.39, 0.29) is 11.8 Å². The highest BCUT2D eigenvalue weighted by atomic mass is 32.2. The summed E-state index contributed by atoms with van der Waals surface area (Å²) in [5.41, 5.74) is 1.35. The maximum absolute atomic E-state index is 12.7. The second kappa shape index (κ2) is 9.95. The predicted molar refractivity (Wildman–Crippen MR) is 122 cm³/mol. The minimum atomic E-state index is 0.0976. The molecule has 0 saturated carbocycles. The molecule has 3 nitrogen and oxygen atoms in total. The Bertz CT molecular complexity index is 938. The standard InChI is InChI=1S/C25H28N2OS/c28-25(26-15-17-29-23-12-2-1-3-13-23)22-11-7-16-27(19-22)18-21-10-6-9-20-8-4-5-14-24(20)21/h1-6,8-10,12-14,22H,7,11,15-19H2,(H,26,28). The fourth-order valence-electron chi connectivity index (χ4n) is 4.09. The van der Waals surface area contributed by atoms with Gasteiger partial charge in [0.1, 0.15) is 0 Å². The highest BCUT2D eigenvalue weighted by Crippen LogP contribution is 2.23. The summed E-state index contributed by atoms with van der Waals surface area (Å²) in [5.74, 6) is 1.21. The lowest BCUT2D eigenvalue weighted by Gasteiger charge is -2.32. The molecule has 4 heteroatoms. The van der Waals surface area contributed by atoms with E-state index in [2.05, 4.69) is 64.8 Å². The number of carbonyl (C=O) groups is 1. The summed E-state index contributed by atoms with van der Waals surface area (Å²) < 4.78 is 0. The highest BCUT2D eigenvalue weighted by Gasteiger charge is 2.25. The molecule has 4 rings (SSSR count). The van der Waals surface area contributed by atoms with Crippen molar-refractivity contribution in [1.82, 2.24) is 10.2 Å². The van der Waals surface area contributed by atoms with Gasteiger partial charge in [-0.05, 0) is 47.9 Å². The van der Waals surface area contributed by atoms with Gasteiger partial charge in [-0.15, -0.1) is 11.8 Å². The number of carbonyl (C=O) groups excluding carboxylic acids is 1. The molecule has 1 unspecified atom stereocenters. The molecule has 1 saturated heterocycles. The topological polar surface area (TPSA) is 32.3 Å². The number of piperidine rings is 1. The zero-order valence-electron chi connectivity index (χ0n) is 16.7. The van der Waals surface area contributed by atoms with Crippen LogP contribution in [0.25, 0.3) is 10.8 Å². The number of rotatable bonds is 7. The Labute approximate surface area is 177 Å². The number of nitrogens with one attached hydrogen (secondary N) is 1. The molecule has 1 aliphatic heterocycles. The summed E-state index contributed by atoms with van der Waals surface area (Å²) in [4.78, 5) is 16.4. The highest BCUT2D eigenvalue weighted by molar-refractivity contribution is 7.99. The second-order valence-corrected chi connectivity index (χ2v) is 8.83. The van der Waals surface area contributed by atoms with Gasteiger partial charge in [0.15, 0.2) is 0 Å².